The van der Waals surface area contributed by atoms with Crippen LogP contribution in [0.5, 0.6) is 0 Å². The number of carbonyl (C=O) groups excluding carboxylic acids is 1. The number of nitrogens with one attached hydrogen (secondary N) is 2. The van der Waals surface area contributed by atoms with Crippen molar-refractivity contribution in [1.29, 1.82) is 0 Å². The molecule has 26 heavy (non-hydrogen) atoms. The van der Waals surface area contributed by atoms with E-state index in [4.69, 9.17) is 0 Å². The largest absolute Gasteiger partial charge is 0.361 e. The van der Waals surface area contributed by atoms with Gasteiger partial charge in [-0.15, -0.1) is 0 Å². The van der Waals surface area contributed by atoms with Gasteiger partial charge in [-0.25, -0.2) is 0 Å². The third-order valence-corrected chi connectivity index (χ3v) is 5.22. The van der Waals surface area contributed by atoms with E-state index in [0.717, 1.165) is 37.9 Å². The normalized spacial score (nSPS) is 15.5. The number of hydrogen-bond acceptors (Lipinski definition) is 2. The molecule has 1 fully saturated rings. The van der Waals surface area contributed by atoms with Crippen molar-refractivity contribution >= 4 is 16.8 Å². The molecule has 4 nitrogen and oxygen atoms in total. The number of aromatic nitrogens is 1. The van der Waals surface area contributed by atoms with Gasteiger partial charge in [-0.2, -0.15) is 0 Å². The van der Waals surface area contributed by atoms with Gasteiger partial charge in [-0.1, -0.05) is 42.5 Å². The third-order valence-electron chi connectivity index (χ3n) is 5.22. The number of hydrogen-bond donors (Lipinski definition) is 2. The summed E-state index contributed by atoms with van der Waals surface area (Å²) in [4.78, 5) is 18.3. The Morgan fingerprint density at radius 1 is 1.04 bits per heavy atom. The minimum atomic E-state index is -0.190. The molecule has 0 spiro atoms. The smallest absolute Gasteiger partial charge is 0.240 e. The van der Waals surface area contributed by atoms with Gasteiger partial charge < -0.3 is 15.2 Å². The Kier molecular flexibility index (Phi) is 5.02. The van der Waals surface area contributed by atoms with Crippen molar-refractivity contribution in [2.24, 2.45) is 0 Å². The van der Waals surface area contributed by atoms with Gasteiger partial charge >= 0.3 is 0 Å². The minimum absolute atomic E-state index is 0.190. The van der Waals surface area contributed by atoms with E-state index >= 15 is 0 Å². The van der Waals surface area contributed by atoms with Crippen LogP contribution in [0, 0.1) is 0 Å². The molecule has 1 saturated heterocycles. The highest BCUT2D eigenvalue weighted by Gasteiger charge is 2.26. The van der Waals surface area contributed by atoms with Crippen LogP contribution in [-0.2, 0) is 17.8 Å². The second-order valence-corrected chi connectivity index (χ2v) is 7.01. The van der Waals surface area contributed by atoms with E-state index in [9.17, 15) is 4.79 Å². The van der Waals surface area contributed by atoms with E-state index < -0.39 is 0 Å². The van der Waals surface area contributed by atoms with Crippen molar-refractivity contribution in [3.8, 4) is 0 Å². The van der Waals surface area contributed by atoms with Gasteiger partial charge in [0.15, 0.2) is 0 Å². The van der Waals surface area contributed by atoms with E-state index in [1.54, 1.807) is 0 Å². The lowest BCUT2D eigenvalue weighted by Gasteiger charge is -2.24. The van der Waals surface area contributed by atoms with Crippen LogP contribution in [0.2, 0.25) is 0 Å². The molecule has 1 aromatic heterocycles. The molecule has 1 amide bonds. The maximum absolute atomic E-state index is 13.0. The number of H-pyrrole nitrogens is 1. The van der Waals surface area contributed by atoms with E-state index in [0.29, 0.717) is 6.54 Å². The molecule has 2 heterocycles. The van der Waals surface area contributed by atoms with Crippen LogP contribution in [0.3, 0.4) is 0 Å². The summed E-state index contributed by atoms with van der Waals surface area (Å²) in [6.45, 7) is 2.46. The molecule has 1 aliphatic rings. The molecule has 1 atom stereocenters. The van der Waals surface area contributed by atoms with Crippen molar-refractivity contribution in [1.82, 2.24) is 15.2 Å². The summed E-state index contributed by atoms with van der Waals surface area (Å²) >= 11 is 0. The molecule has 2 aromatic carbocycles. The van der Waals surface area contributed by atoms with Crippen LogP contribution < -0.4 is 5.32 Å². The fraction of sp³-hybridized carbons (Fsp3) is 0.318. The highest BCUT2D eigenvalue weighted by atomic mass is 16.2. The zero-order valence-corrected chi connectivity index (χ0v) is 14.9. The first-order valence-electron chi connectivity index (χ1n) is 9.42. The quantitative estimate of drug-likeness (QED) is 0.717. The molecular weight excluding hydrogens is 322 g/mol. The van der Waals surface area contributed by atoms with Gasteiger partial charge in [0.25, 0.3) is 0 Å². The monoisotopic (exact) mass is 347 g/mol. The lowest BCUT2D eigenvalue weighted by atomic mass is 10.0. The highest BCUT2D eigenvalue weighted by molar-refractivity contribution is 5.84. The molecule has 1 unspecified atom stereocenters. The van der Waals surface area contributed by atoms with Crippen LogP contribution in [0.25, 0.3) is 10.9 Å². The fourth-order valence-corrected chi connectivity index (χ4v) is 3.79. The number of aromatic amines is 1. The summed E-state index contributed by atoms with van der Waals surface area (Å²) in [5, 5.41) is 4.75. The van der Waals surface area contributed by atoms with Crippen molar-refractivity contribution in [2.45, 2.75) is 31.8 Å². The Balaban J connectivity index is 1.52. The van der Waals surface area contributed by atoms with Crippen LogP contribution in [-0.4, -0.2) is 34.9 Å². The summed E-state index contributed by atoms with van der Waals surface area (Å²) in [6, 6.07) is 18.5. The maximum atomic E-state index is 13.0. The van der Waals surface area contributed by atoms with Gasteiger partial charge in [0.05, 0.1) is 6.04 Å². The predicted octanol–water partition coefficient (Wildman–Crippen LogP) is 3.49. The van der Waals surface area contributed by atoms with Crippen LogP contribution in [0.1, 0.15) is 24.0 Å². The number of likely N-dealkylation sites (tertiary alicyclic amines) is 1. The lowest BCUT2D eigenvalue weighted by molar-refractivity contribution is -0.132. The molecule has 0 saturated carbocycles. The molecule has 0 aliphatic carbocycles. The summed E-state index contributed by atoms with van der Waals surface area (Å²) < 4.78 is 0. The highest BCUT2D eigenvalue weighted by Crippen LogP contribution is 2.18. The SMILES string of the molecule is O=C(C(Cc1ccccc1)NCc1cccc2[nH]ccc12)N1CCCC1. The average molecular weight is 347 g/mol. The molecular formula is C22H25N3O. The molecule has 4 rings (SSSR count). The standard InChI is InChI=1S/C22H25N3O/c26-22(25-13-4-5-14-25)21(15-17-7-2-1-3-8-17)24-16-18-9-6-10-20-19(18)11-12-23-20/h1-3,6-12,21,23-24H,4-5,13-16H2. The molecule has 4 heteroatoms. The third kappa shape index (κ3) is 3.65. The van der Waals surface area contributed by atoms with Crippen LogP contribution in [0.15, 0.2) is 60.8 Å². The number of amides is 1. The first kappa shape index (κ1) is 16.9. The number of rotatable bonds is 6. The van der Waals surface area contributed by atoms with Crippen LogP contribution in [0.4, 0.5) is 0 Å². The number of benzene rings is 2. The number of carbonyl (C=O) groups is 1. The Morgan fingerprint density at radius 2 is 1.85 bits per heavy atom. The Morgan fingerprint density at radius 3 is 2.65 bits per heavy atom. The van der Waals surface area contributed by atoms with E-state index in [-0.39, 0.29) is 11.9 Å². The van der Waals surface area contributed by atoms with Crippen molar-refractivity contribution < 1.29 is 4.79 Å². The minimum Gasteiger partial charge on any atom is -0.361 e. The molecule has 1 aliphatic heterocycles. The Hall–Kier alpha value is -2.59. The maximum Gasteiger partial charge on any atom is 0.240 e. The first-order valence-corrected chi connectivity index (χ1v) is 9.42. The van der Waals surface area contributed by atoms with E-state index in [2.05, 4.69) is 46.7 Å². The predicted molar refractivity (Wildman–Crippen MR) is 105 cm³/mol. The average Bonchev–Trinajstić information content (AvgIpc) is 3.37. The second kappa shape index (κ2) is 7.75. The Labute approximate surface area is 154 Å². The van der Waals surface area contributed by atoms with Crippen molar-refractivity contribution in [3.05, 3.63) is 71.9 Å². The number of nitrogens with zero attached hydrogens (tertiary/aromatic N) is 1. The summed E-state index contributed by atoms with van der Waals surface area (Å²) in [5.41, 5.74) is 3.54. The van der Waals surface area contributed by atoms with Gasteiger partial charge in [0, 0.05) is 36.7 Å². The van der Waals surface area contributed by atoms with Crippen molar-refractivity contribution in [3.63, 3.8) is 0 Å². The van der Waals surface area contributed by atoms with Gasteiger partial charge in [-0.05, 0) is 42.5 Å². The van der Waals surface area contributed by atoms with E-state index in [1.807, 2.05) is 29.3 Å². The van der Waals surface area contributed by atoms with E-state index in [1.165, 1.54) is 16.5 Å². The molecule has 0 bridgehead atoms. The summed E-state index contributed by atoms with van der Waals surface area (Å²) in [5.74, 6) is 0.229. The lowest BCUT2D eigenvalue weighted by Crippen LogP contribution is -2.46. The fourth-order valence-electron chi connectivity index (χ4n) is 3.79. The molecule has 3 aromatic rings. The number of fused-ring (bicyclic) bond motifs is 1. The summed E-state index contributed by atoms with van der Waals surface area (Å²) in [6.07, 6.45) is 4.92. The molecule has 0 radical (unpaired) electrons. The first-order chi connectivity index (χ1) is 12.8. The van der Waals surface area contributed by atoms with Gasteiger partial charge in [0.2, 0.25) is 5.91 Å². The van der Waals surface area contributed by atoms with Crippen LogP contribution >= 0.6 is 0 Å². The zero-order chi connectivity index (χ0) is 17.8. The molecule has 134 valence electrons. The second-order valence-electron chi connectivity index (χ2n) is 7.01. The van der Waals surface area contributed by atoms with Crippen molar-refractivity contribution in [2.75, 3.05) is 13.1 Å². The van der Waals surface area contributed by atoms with Gasteiger partial charge in [0.1, 0.15) is 0 Å². The zero-order valence-electron chi connectivity index (χ0n) is 14.9. The topological polar surface area (TPSA) is 48.1 Å². The Bertz CT molecular complexity index is 865. The van der Waals surface area contributed by atoms with Gasteiger partial charge in [-0.3, -0.25) is 4.79 Å². The summed E-state index contributed by atoms with van der Waals surface area (Å²) in [7, 11) is 0. The molecule has 2 N–H and O–H groups in total.